The van der Waals surface area contributed by atoms with Crippen molar-refractivity contribution in [1.82, 2.24) is 44.4 Å². The fourth-order valence-corrected chi connectivity index (χ4v) is 9.28. The van der Waals surface area contributed by atoms with Crippen LogP contribution in [0.3, 0.4) is 0 Å². The molecule has 4 aliphatic heterocycles. The van der Waals surface area contributed by atoms with Gasteiger partial charge in [0.25, 0.3) is 5.91 Å². The average Bonchev–Trinajstić information content (AvgIpc) is 3.96. The summed E-state index contributed by atoms with van der Waals surface area (Å²) in [6.45, 7) is 9.58. The maximum Gasteiger partial charge on any atom is 0.258 e. The van der Waals surface area contributed by atoms with Gasteiger partial charge < -0.3 is 40.5 Å². The summed E-state index contributed by atoms with van der Waals surface area (Å²) in [4.78, 5) is 52.0. The Morgan fingerprint density at radius 1 is 0.891 bits per heavy atom. The minimum absolute atomic E-state index is 0.00827. The van der Waals surface area contributed by atoms with Gasteiger partial charge in [0.05, 0.1) is 48.6 Å². The molecule has 4 aliphatic rings. The van der Waals surface area contributed by atoms with Crippen molar-refractivity contribution >= 4 is 23.6 Å². The summed E-state index contributed by atoms with van der Waals surface area (Å²) in [5.41, 5.74) is 9.75. The van der Waals surface area contributed by atoms with E-state index in [1.165, 1.54) is 18.5 Å². The minimum atomic E-state index is -1.09. The zero-order chi connectivity index (χ0) is 44.7. The number of rotatable bonds is 10. The van der Waals surface area contributed by atoms with Gasteiger partial charge in [-0.05, 0) is 59.9 Å². The van der Waals surface area contributed by atoms with E-state index >= 15 is 4.39 Å². The molecule has 3 saturated heterocycles. The van der Waals surface area contributed by atoms with Crippen LogP contribution in [0.1, 0.15) is 90.5 Å². The third-order valence-corrected chi connectivity index (χ3v) is 13.1. The number of phenols is 2. The highest BCUT2D eigenvalue weighted by atomic mass is 19.1. The van der Waals surface area contributed by atoms with Crippen LogP contribution in [0.25, 0.3) is 22.6 Å². The van der Waals surface area contributed by atoms with Crippen LogP contribution in [0.15, 0.2) is 55.1 Å². The highest BCUT2D eigenvalue weighted by Gasteiger charge is 2.37. The number of hydrogen-bond donors (Lipinski definition) is 4. The molecule has 3 fully saturated rings. The van der Waals surface area contributed by atoms with Gasteiger partial charge in [-0.1, -0.05) is 32.0 Å². The molecule has 3 aromatic heterocycles. The molecule has 2 aromatic carbocycles. The molecule has 18 heteroatoms. The van der Waals surface area contributed by atoms with E-state index in [-0.39, 0.29) is 70.5 Å². The largest absolute Gasteiger partial charge is 0.508 e. The second-order valence-corrected chi connectivity index (χ2v) is 17.8. The third-order valence-electron chi connectivity index (χ3n) is 13.1. The van der Waals surface area contributed by atoms with Crippen molar-refractivity contribution in [1.29, 1.82) is 0 Å². The van der Waals surface area contributed by atoms with Crippen LogP contribution in [0.2, 0.25) is 0 Å². The lowest BCUT2D eigenvalue weighted by atomic mass is 9.87. The van der Waals surface area contributed by atoms with Crippen molar-refractivity contribution in [3.8, 4) is 34.1 Å². The molecule has 7 heterocycles. The van der Waals surface area contributed by atoms with Crippen molar-refractivity contribution < 1.29 is 34.0 Å². The van der Waals surface area contributed by atoms with E-state index in [0.717, 1.165) is 16.7 Å². The zero-order valence-electron chi connectivity index (χ0n) is 36.2. The number of nitrogens with zero attached hydrogens (tertiary/aromatic N) is 10. The number of piperidine rings is 2. The topological polar surface area (TPSA) is 212 Å². The van der Waals surface area contributed by atoms with Crippen molar-refractivity contribution in [3.63, 3.8) is 0 Å². The van der Waals surface area contributed by atoms with Gasteiger partial charge in [-0.3, -0.25) is 19.2 Å². The summed E-state index contributed by atoms with van der Waals surface area (Å²) in [5, 5.41) is 37.0. The highest BCUT2D eigenvalue weighted by Crippen LogP contribution is 2.36. The Morgan fingerprint density at radius 3 is 2.33 bits per heavy atom. The minimum Gasteiger partial charge on any atom is -0.508 e. The molecule has 0 bridgehead atoms. The van der Waals surface area contributed by atoms with Gasteiger partial charge in [-0.2, -0.15) is 5.10 Å². The first-order valence-electron chi connectivity index (χ1n) is 22.0. The highest BCUT2D eigenvalue weighted by molar-refractivity contribution is 5.97. The monoisotopic (exact) mass is 875 g/mol. The first kappa shape index (κ1) is 43.0. The molecule has 0 radical (unpaired) electrons. The molecule has 9 rings (SSSR count). The van der Waals surface area contributed by atoms with E-state index in [2.05, 4.69) is 48.1 Å². The number of nitrogen functional groups attached to an aromatic ring is 1. The van der Waals surface area contributed by atoms with Gasteiger partial charge in [0, 0.05) is 89.1 Å². The molecule has 5 N–H and O–H groups in total. The number of phenolic OH excluding ortho intramolecular Hbond substituents is 2. The van der Waals surface area contributed by atoms with Crippen molar-refractivity contribution in [2.45, 2.75) is 83.1 Å². The van der Waals surface area contributed by atoms with Gasteiger partial charge in [-0.25, -0.2) is 24.3 Å². The van der Waals surface area contributed by atoms with E-state index in [1.54, 1.807) is 23.4 Å². The number of amides is 2. The number of aromatic nitrogens is 6. The second-order valence-electron chi connectivity index (χ2n) is 17.8. The SMILES string of the molecule is CC(C)c1cc(C(=O)N2Cc3ccc(CN4CCC(O)(CC(=O)N5CCC(n6cc(-c7nc(-c8cnc(N)nc8)nc(N8CCOCC8)c7F)cn6)CC5)CC4)cc3C2)c(O)cc1O. The molecule has 17 nitrogen and oxygen atoms in total. The Hall–Kier alpha value is -6.24. The number of aliphatic hydroxyl groups is 1. The van der Waals surface area contributed by atoms with Crippen molar-refractivity contribution in [2.24, 2.45) is 0 Å². The standard InChI is InChI=1S/C46H54FN11O6/c1-28(2)35-18-36(38(60)19-37(35)59)44(62)57-25-30-4-3-29(17-31(30)26-57)24-54-11-7-46(63,8-12-54)20-39(61)55-9-5-34(6-10-55)58-27-33(23-51-58)41-40(47)43(56-13-15-64-16-14-56)53-42(52-41)32-21-49-45(48)50-22-32/h3-4,17-19,21-23,27-28,34,59-60,63H,5-16,20,24-26H2,1-2H3,(H2,48,49,50). The predicted octanol–water partition coefficient (Wildman–Crippen LogP) is 4.63. The van der Waals surface area contributed by atoms with E-state index in [1.807, 2.05) is 28.3 Å². The molecular weight excluding hydrogens is 822 g/mol. The molecule has 0 aliphatic carbocycles. The molecule has 5 aromatic rings. The van der Waals surface area contributed by atoms with Gasteiger partial charge in [-0.15, -0.1) is 0 Å². The fourth-order valence-electron chi connectivity index (χ4n) is 9.28. The Labute approximate surface area is 370 Å². The number of halogens is 1. The first-order chi connectivity index (χ1) is 30.8. The number of carbonyl (C=O) groups is 2. The quantitative estimate of drug-likeness (QED) is 0.151. The van der Waals surface area contributed by atoms with E-state index < -0.39 is 11.4 Å². The summed E-state index contributed by atoms with van der Waals surface area (Å²) in [7, 11) is 0. The van der Waals surface area contributed by atoms with Crippen LogP contribution in [0.5, 0.6) is 11.5 Å². The predicted molar refractivity (Wildman–Crippen MR) is 234 cm³/mol. The molecule has 64 heavy (non-hydrogen) atoms. The molecule has 0 saturated carbocycles. The van der Waals surface area contributed by atoms with Crippen LogP contribution < -0.4 is 10.6 Å². The van der Waals surface area contributed by atoms with Gasteiger partial charge in [0.2, 0.25) is 11.9 Å². The number of hydrogen-bond acceptors (Lipinski definition) is 14. The molecule has 0 spiro atoms. The van der Waals surface area contributed by atoms with Crippen LogP contribution in [-0.4, -0.2) is 130 Å². The van der Waals surface area contributed by atoms with E-state index in [0.29, 0.717) is 114 Å². The molecule has 0 unspecified atom stereocenters. The van der Waals surface area contributed by atoms with Crippen molar-refractivity contribution in [3.05, 3.63) is 88.8 Å². The number of likely N-dealkylation sites (tertiary alicyclic amines) is 2. The summed E-state index contributed by atoms with van der Waals surface area (Å²) in [6.07, 6.45) is 8.76. The lowest BCUT2D eigenvalue weighted by Crippen LogP contribution is -2.48. The zero-order valence-corrected chi connectivity index (χ0v) is 36.2. The maximum absolute atomic E-state index is 16.2. The maximum atomic E-state index is 16.2. The number of benzene rings is 2. The summed E-state index contributed by atoms with van der Waals surface area (Å²) in [5.74, 6) is -0.619. The summed E-state index contributed by atoms with van der Waals surface area (Å²) < 4.78 is 23.5. The van der Waals surface area contributed by atoms with Gasteiger partial charge in [0.1, 0.15) is 17.2 Å². The number of ether oxygens (including phenoxy) is 1. The Bertz CT molecular complexity index is 2530. The second kappa shape index (κ2) is 17.7. The Balaban J connectivity index is 0.772. The van der Waals surface area contributed by atoms with Crippen LogP contribution in [0.4, 0.5) is 16.2 Å². The van der Waals surface area contributed by atoms with E-state index in [4.69, 9.17) is 10.5 Å². The fraction of sp³-hybridized carbons (Fsp3) is 0.457. The molecular formula is C46H54FN11O6. The number of aromatic hydroxyl groups is 2. The smallest absolute Gasteiger partial charge is 0.258 e. The number of morpholine rings is 1. The normalized spacial score (nSPS) is 18.2. The lowest BCUT2D eigenvalue weighted by molar-refractivity contribution is -0.140. The summed E-state index contributed by atoms with van der Waals surface area (Å²) >= 11 is 0. The third kappa shape index (κ3) is 8.94. The molecule has 2 amide bonds. The van der Waals surface area contributed by atoms with Crippen LogP contribution in [0, 0.1) is 5.82 Å². The number of nitrogens with two attached hydrogens (primary N) is 1. The lowest BCUT2D eigenvalue weighted by Gasteiger charge is -2.40. The van der Waals surface area contributed by atoms with Gasteiger partial charge >= 0.3 is 0 Å². The first-order valence-corrected chi connectivity index (χ1v) is 22.0. The van der Waals surface area contributed by atoms with Crippen LogP contribution in [-0.2, 0) is 29.2 Å². The molecule has 336 valence electrons. The average molecular weight is 876 g/mol. The Kier molecular flexibility index (Phi) is 11.9. The van der Waals surface area contributed by atoms with E-state index in [9.17, 15) is 24.9 Å². The Morgan fingerprint density at radius 2 is 1.61 bits per heavy atom. The van der Waals surface area contributed by atoms with Crippen LogP contribution >= 0.6 is 0 Å². The number of anilines is 2. The molecule has 0 atom stereocenters. The van der Waals surface area contributed by atoms with Crippen molar-refractivity contribution in [2.75, 3.05) is 63.1 Å². The summed E-state index contributed by atoms with van der Waals surface area (Å²) in [6, 6.07) is 9.08. The van der Waals surface area contributed by atoms with Gasteiger partial charge in [0.15, 0.2) is 17.5 Å². The number of carbonyl (C=O) groups excluding carboxylic acids is 2. The number of fused-ring (bicyclic) bond motifs is 1.